The Morgan fingerprint density at radius 3 is 2.91 bits per heavy atom. The summed E-state index contributed by atoms with van der Waals surface area (Å²) >= 11 is 0. The van der Waals surface area contributed by atoms with Crippen molar-refractivity contribution in [3.63, 3.8) is 0 Å². The summed E-state index contributed by atoms with van der Waals surface area (Å²) in [4.78, 5) is 11.8. The van der Waals surface area contributed by atoms with Gasteiger partial charge in [0, 0.05) is 5.57 Å². The molecule has 0 saturated heterocycles. The molecule has 3 rings (SSSR count). The van der Waals surface area contributed by atoms with Gasteiger partial charge in [-0.25, -0.2) is 4.79 Å². The molecule has 0 aromatic rings. The van der Waals surface area contributed by atoms with E-state index in [1.165, 1.54) is 12.7 Å². The monoisotopic (exact) mass is 302 g/mol. The molecule has 0 aromatic carbocycles. The predicted octanol–water partition coefficient (Wildman–Crippen LogP) is 2.53. The summed E-state index contributed by atoms with van der Waals surface area (Å²) in [5, 5.41) is 0. The van der Waals surface area contributed by atoms with Crippen molar-refractivity contribution in [2.24, 2.45) is 0 Å². The number of ether oxygens (including phenoxy) is 4. The average Bonchev–Trinajstić information content (AvgIpc) is 2.56. The molecule has 5 heteroatoms. The highest BCUT2D eigenvalue weighted by atomic mass is 16.7. The van der Waals surface area contributed by atoms with Crippen molar-refractivity contribution in [2.45, 2.75) is 25.2 Å². The topological polar surface area (TPSA) is 54.0 Å². The Balaban J connectivity index is 2.03. The van der Waals surface area contributed by atoms with Crippen LogP contribution in [0.4, 0.5) is 0 Å². The normalized spacial score (nSPS) is 29.9. The van der Waals surface area contributed by atoms with Crippen molar-refractivity contribution < 1.29 is 23.7 Å². The molecule has 0 bridgehead atoms. The lowest BCUT2D eigenvalue weighted by Gasteiger charge is -2.29. The summed E-state index contributed by atoms with van der Waals surface area (Å²) in [6.45, 7) is 0. The number of carbonyl (C=O) groups is 1. The van der Waals surface area contributed by atoms with Crippen molar-refractivity contribution >= 4 is 5.97 Å². The maximum atomic E-state index is 11.8. The fourth-order valence-corrected chi connectivity index (χ4v) is 2.69. The zero-order valence-electron chi connectivity index (χ0n) is 12.6. The molecule has 0 N–H and O–H groups in total. The van der Waals surface area contributed by atoms with Gasteiger partial charge in [0.2, 0.25) is 0 Å². The van der Waals surface area contributed by atoms with E-state index in [1.54, 1.807) is 13.4 Å². The fraction of sp³-hybridized carbons (Fsp3) is 0.353. The lowest BCUT2D eigenvalue weighted by molar-refractivity contribution is -0.185. The Morgan fingerprint density at radius 1 is 1.27 bits per heavy atom. The van der Waals surface area contributed by atoms with Gasteiger partial charge in [-0.05, 0) is 36.1 Å². The van der Waals surface area contributed by atoms with Crippen LogP contribution < -0.4 is 0 Å². The largest absolute Gasteiger partial charge is 0.497 e. The van der Waals surface area contributed by atoms with Crippen LogP contribution in [-0.4, -0.2) is 32.6 Å². The third-order valence-corrected chi connectivity index (χ3v) is 3.82. The molecule has 2 unspecified atom stereocenters. The van der Waals surface area contributed by atoms with Crippen LogP contribution in [0.3, 0.4) is 0 Å². The van der Waals surface area contributed by atoms with Crippen molar-refractivity contribution in [1.29, 1.82) is 0 Å². The molecular weight excluding hydrogens is 284 g/mol. The second kappa shape index (κ2) is 6.23. The van der Waals surface area contributed by atoms with E-state index >= 15 is 0 Å². The van der Waals surface area contributed by atoms with E-state index in [4.69, 9.17) is 18.9 Å². The van der Waals surface area contributed by atoms with Crippen LogP contribution in [0.2, 0.25) is 0 Å². The third-order valence-electron chi connectivity index (χ3n) is 3.82. The molecule has 3 aliphatic rings. The molecular formula is C17H18O5. The SMILES string of the molecule is COC(=O)C1OC=C2C=CCC/C2=C2\C=CC(OC)=CC2O1. The van der Waals surface area contributed by atoms with Gasteiger partial charge in [-0.15, -0.1) is 0 Å². The number of fused-ring (bicyclic) bond motifs is 2. The van der Waals surface area contributed by atoms with E-state index in [2.05, 4.69) is 6.08 Å². The van der Waals surface area contributed by atoms with Crippen molar-refractivity contribution in [2.75, 3.05) is 14.2 Å². The summed E-state index contributed by atoms with van der Waals surface area (Å²) in [6.07, 6.45) is 11.7. The summed E-state index contributed by atoms with van der Waals surface area (Å²) in [6, 6.07) is 0. The van der Waals surface area contributed by atoms with E-state index in [0.717, 1.165) is 24.0 Å². The Labute approximate surface area is 129 Å². The maximum absolute atomic E-state index is 11.8. The molecule has 2 atom stereocenters. The lowest BCUT2D eigenvalue weighted by atomic mass is 9.87. The minimum atomic E-state index is -1.10. The highest BCUT2D eigenvalue weighted by molar-refractivity contribution is 5.73. The Bertz CT molecular complexity index is 621. The van der Waals surface area contributed by atoms with Gasteiger partial charge in [0.05, 0.1) is 20.5 Å². The number of hydrogen-bond acceptors (Lipinski definition) is 5. The van der Waals surface area contributed by atoms with Gasteiger partial charge in [-0.1, -0.05) is 18.2 Å². The van der Waals surface area contributed by atoms with Gasteiger partial charge in [0.15, 0.2) is 0 Å². The molecule has 5 nitrogen and oxygen atoms in total. The zero-order valence-corrected chi connectivity index (χ0v) is 12.6. The average molecular weight is 302 g/mol. The van der Waals surface area contributed by atoms with Crippen LogP contribution in [0.15, 0.2) is 59.1 Å². The predicted molar refractivity (Wildman–Crippen MR) is 79.5 cm³/mol. The van der Waals surface area contributed by atoms with Crippen LogP contribution in [0, 0.1) is 0 Å². The van der Waals surface area contributed by atoms with Crippen molar-refractivity contribution in [3.8, 4) is 0 Å². The van der Waals surface area contributed by atoms with E-state index in [-0.39, 0.29) is 0 Å². The van der Waals surface area contributed by atoms with Gasteiger partial charge in [0.1, 0.15) is 11.9 Å². The van der Waals surface area contributed by atoms with E-state index in [1.807, 2.05) is 24.3 Å². The van der Waals surface area contributed by atoms with Crippen LogP contribution in [0.5, 0.6) is 0 Å². The van der Waals surface area contributed by atoms with Gasteiger partial charge in [-0.2, -0.15) is 0 Å². The standard InChI is InChI=1S/C17H18O5/c1-19-12-7-8-14-13-6-4-3-5-11(13)10-21-17(16(18)20-2)22-15(14)9-12/h3,5,7-10,15,17H,4,6H2,1-2H3/b11-10?,14-13-. The van der Waals surface area contributed by atoms with Gasteiger partial charge >= 0.3 is 5.97 Å². The number of carbonyl (C=O) groups excluding carboxylic acids is 1. The highest BCUT2D eigenvalue weighted by Crippen LogP contribution is 2.34. The second-order valence-electron chi connectivity index (χ2n) is 5.10. The molecule has 116 valence electrons. The smallest absolute Gasteiger partial charge is 0.376 e. The molecule has 0 amide bonds. The first-order chi connectivity index (χ1) is 10.7. The third kappa shape index (κ3) is 2.72. The van der Waals surface area contributed by atoms with E-state index in [9.17, 15) is 4.79 Å². The minimum Gasteiger partial charge on any atom is -0.497 e. The molecule has 0 saturated carbocycles. The second-order valence-corrected chi connectivity index (χ2v) is 5.10. The number of hydrogen-bond donors (Lipinski definition) is 0. The summed E-state index contributed by atoms with van der Waals surface area (Å²) in [5.74, 6) is 0.122. The van der Waals surface area contributed by atoms with Crippen LogP contribution in [0.1, 0.15) is 12.8 Å². The molecule has 0 spiro atoms. The Hall–Kier alpha value is -2.27. The first kappa shape index (κ1) is 14.7. The van der Waals surface area contributed by atoms with Gasteiger partial charge < -0.3 is 18.9 Å². The van der Waals surface area contributed by atoms with Crippen molar-refractivity contribution in [1.82, 2.24) is 0 Å². The summed E-state index contributed by atoms with van der Waals surface area (Å²) < 4.78 is 21.3. The molecule has 1 aliphatic heterocycles. The van der Waals surface area contributed by atoms with E-state index in [0.29, 0.717) is 5.76 Å². The Morgan fingerprint density at radius 2 is 2.14 bits per heavy atom. The number of esters is 1. The number of allylic oxidation sites excluding steroid dienone is 5. The molecule has 1 heterocycles. The van der Waals surface area contributed by atoms with Crippen molar-refractivity contribution in [3.05, 3.63) is 59.1 Å². The van der Waals surface area contributed by atoms with Crippen LogP contribution in [0.25, 0.3) is 0 Å². The molecule has 0 radical (unpaired) electrons. The summed E-state index contributed by atoms with van der Waals surface area (Å²) in [5.41, 5.74) is 3.15. The zero-order chi connectivity index (χ0) is 15.5. The maximum Gasteiger partial charge on any atom is 0.376 e. The van der Waals surface area contributed by atoms with Gasteiger partial charge in [-0.3, -0.25) is 0 Å². The first-order valence-corrected chi connectivity index (χ1v) is 7.15. The molecule has 22 heavy (non-hydrogen) atoms. The van der Waals surface area contributed by atoms with E-state index < -0.39 is 18.4 Å². The lowest BCUT2D eigenvalue weighted by Crippen LogP contribution is -2.34. The minimum absolute atomic E-state index is 0.408. The first-order valence-electron chi connectivity index (χ1n) is 7.15. The molecule has 0 aromatic heterocycles. The van der Waals surface area contributed by atoms with Crippen LogP contribution >= 0.6 is 0 Å². The van der Waals surface area contributed by atoms with Crippen LogP contribution in [-0.2, 0) is 23.7 Å². The van der Waals surface area contributed by atoms with Gasteiger partial charge in [0.25, 0.3) is 6.29 Å². The molecule has 2 aliphatic carbocycles. The highest BCUT2D eigenvalue weighted by Gasteiger charge is 2.31. The summed E-state index contributed by atoms with van der Waals surface area (Å²) in [7, 11) is 2.90. The fourth-order valence-electron chi connectivity index (χ4n) is 2.69. The number of rotatable bonds is 2. The quantitative estimate of drug-likeness (QED) is 0.734. The Kier molecular flexibility index (Phi) is 4.15. The molecule has 0 fully saturated rings. The number of methoxy groups -OCH3 is 2.